The third-order valence-corrected chi connectivity index (χ3v) is 6.19. The fourth-order valence-corrected chi connectivity index (χ4v) is 3.82. The van der Waals surface area contributed by atoms with Gasteiger partial charge in [-0.25, -0.2) is 4.98 Å². The Morgan fingerprint density at radius 1 is 1.32 bits per heavy atom. The van der Waals surface area contributed by atoms with Crippen LogP contribution >= 0.6 is 43.2 Å². The number of carbonyl (C=O) groups excluding carboxylic acids is 2. The molecule has 0 saturated carbocycles. The Kier molecular flexibility index (Phi) is 7.49. The van der Waals surface area contributed by atoms with E-state index in [1.165, 1.54) is 4.88 Å². The van der Waals surface area contributed by atoms with Gasteiger partial charge in [0.1, 0.15) is 0 Å². The maximum atomic E-state index is 9.41. The monoisotopic (exact) mass is 448 g/mol. The van der Waals surface area contributed by atoms with E-state index < -0.39 is 11.9 Å². The number of aromatic nitrogens is 2. The van der Waals surface area contributed by atoms with Crippen molar-refractivity contribution in [2.45, 2.75) is 12.8 Å². The molecule has 6 nitrogen and oxygen atoms in total. The number of hydrogen-bond donors (Lipinski definition) is 1. The van der Waals surface area contributed by atoms with E-state index >= 15 is 0 Å². The number of carboxylic acid groups (broad SMARTS) is 2. The van der Waals surface area contributed by atoms with Gasteiger partial charge < -0.3 is 24.8 Å². The Labute approximate surface area is 147 Å². The predicted molar refractivity (Wildman–Crippen MR) is 85.0 cm³/mol. The summed E-state index contributed by atoms with van der Waals surface area (Å²) >= 11 is 8.79. The van der Waals surface area contributed by atoms with Crippen LogP contribution in [0.3, 0.4) is 0 Å². The van der Waals surface area contributed by atoms with Crippen LogP contribution < -0.4 is 10.2 Å². The number of nitrogens with one attached hydrogen (secondary N) is 1. The maximum Gasteiger partial charge on any atom is 0.0921 e. The number of imidazole rings is 1. The minimum atomic E-state index is -1.55. The van der Waals surface area contributed by atoms with E-state index in [1.54, 1.807) is 17.7 Å². The standard InChI is InChI=1S/C9H8Br2N2S.C4H4O4/c1-5(7-2-12-4-13-7)9-8(11)6(10)3-14-9;5-3(6)1-2-4(7)8/h2-5H,1H3,(H,12,13);1-2H,(H,5,6)(H,7,8)/p-2/b;2-1+. The van der Waals surface area contributed by atoms with Gasteiger partial charge in [-0.15, -0.1) is 11.3 Å². The summed E-state index contributed by atoms with van der Waals surface area (Å²) in [6, 6.07) is 0. The minimum Gasteiger partial charge on any atom is -0.545 e. The molecule has 2 rings (SSSR count). The molecule has 0 amide bonds. The second kappa shape index (κ2) is 8.86. The van der Waals surface area contributed by atoms with E-state index in [-0.39, 0.29) is 0 Å². The highest BCUT2D eigenvalue weighted by Crippen LogP contribution is 2.39. The van der Waals surface area contributed by atoms with Gasteiger partial charge >= 0.3 is 0 Å². The molecule has 9 heteroatoms. The summed E-state index contributed by atoms with van der Waals surface area (Å²) in [5.41, 5.74) is 1.14. The number of H-pyrrole nitrogens is 1. The number of aliphatic carboxylic acids is 2. The van der Waals surface area contributed by atoms with Crippen molar-refractivity contribution in [2.75, 3.05) is 0 Å². The molecule has 0 fully saturated rings. The zero-order valence-electron chi connectivity index (χ0n) is 11.2. The van der Waals surface area contributed by atoms with Crippen LogP contribution in [0.4, 0.5) is 0 Å². The normalized spacial score (nSPS) is 11.8. The Morgan fingerprint density at radius 3 is 2.27 bits per heavy atom. The summed E-state index contributed by atoms with van der Waals surface area (Å²) in [6.45, 7) is 2.16. The van der Waals surface area contributed by atoms with Crippen LogP contribution in [0.1, 0.15) is 23.4 Å². The first-order valence-corrected chi connectivity index (χ1v) is 8.30. The molecule has 0 aromatic carbocycles. The SMILES string of the molecule is CC(c1cnc[nH]1)c1scc(Br)c1Br.O=C([O-])/C=C/C(=O)[O-]. The summed E-state index contributed by atoms with van der Waals surface area (Å²) in [7, 11) is 0. The second-order valence-corrected chi connectivity index (χ2v) is 6.52. The molecule has 1 unspecified atom stereocenters. The zero-order chi connectivity index (χ0) is 16.7. The number of carboxylic acids is 2. The first-order valence-electron chi connectivity index (χ1n) is 5.83. The second-order valence-electron chi connectivity index (χ2n) is 3.96. The smallest absolute Gasteiger partial charge is 0.0921 e. The molecule has 0 spiro atoms. The molecule has 2 heterocycles. The lowest BCUT2D eigenvalue weighted by Gasteiger charge is -2.07. The lowest BCUT2D eigenvalue weighted by atomic mass is 10.1. The van der Waals surface area contributed by atoms with Crippen LogP contribution in [0.5, 0.6) is 0 Å². The van der Waals surface area contributed by atoms with Crippen molar-refractivity contribution in [3.63, 3.8) is 0 Å². The number of rotatable bonds is 4. The Morgan fingerprint density at radius 2 is 1.91 bits per heavy atom. The lowest BCUT2D eigenvalue weighted by molar-refractivity contribution is -0.301. The van der Waals surface area contributed by atoms with Gasteiger partial charge in [0, 0.05) is 37.0 Å². The number of halogens is 2. The predicted octanol–water partition coefficient (Wildman–Crippen LogP) is 1.19. The highest BCUT2D eigenvalue weighted by Gasteiger charge is 2.16. The van der Waals surface area contributed by atoms with Crippen molar-refractivity contribution in [2.24, 2.45) is 0 Å². The third kappa shape index (κ3) is 5.74. The largest absolute Gasteiger partial charge is 0.545 e. The highest BCUT2D eigenvalue weighted by molar-refractivity contribution is 9.13. The molecule has 2 aromatic rings. The third-order valence-electron chi connectivity index (χ3n) is 2.45. The van der Waals surface area contributed by atoms with E-state index in [0.29, 0.717) is 18.1 Å². The van der Waals surface area contributed by atoms with Crippen LogP contribution in [-0.2, 0) is 9.59 Å². The molecule has 0 bridgehead atoms. The van der Waals surface area contributed by atoms with Gasteiger partial charge in [-0.1, -0.05) is 6.92 Å². The van der Waals surface area contributed by atoms with Crippen LogP contribution in [-0.4, -0.2) is 21.9 Å². The molecular formula is C13H10Br2N2O4S-2. The fraction of sp³-hybridized carbons (Fsp3) is 0.154. The molecule has 1 N–H and O–H groups in total. The Balaban J connectivity index is 0.000000261. The number of nitrogens with zero attached hydrogens (tertiary/aromatic N) is 1. The quantitative estimate of drug-likeness (QED) is 0.705. The number of carbonyl (C=O) groups is 2. The van der Waals surface area contributed by atoms with E-state index in [2.05, 4.69) is 54.1 Å². The molecule has 0 aliphatic carbocycles. The van der Waals surface area contributed by atoms with Crippen molar-refractivity contribution < 1.29 is 19.8 Å². The Bertz CT molecular complexity index is 652. The van der Waals surface area contributed by atoms with Crippen LogP contribution in [0.15, 0.2) is 39.0 Å². The topological polar surface area (TPSA) is 109 Å². The fourth-order valence-electron chi connectivity index (χ4n) is 1.41. The highest BCUT2D eigenvalue weighted by atomic mass is 79.9. The van der Waals surface area contributed by atoms with Crippen molar-refractivity contribution in [3.05, 3.63) is 49.6 Å². The van der Waals surface area contributed by atoms with Gasteiger partial charge in [-0.2, -0.15) is 0 Å². The molecule has 0 saturated heterocycles. The van der Waals surface area contributed by atoms with E-state index in [0.717, 1.165) is 14.6 Å². The molecule has 118 valence electrons. The van der Waals surface area contributed by atoms with Crippen molar-refractivity contribution in [1.82, 2.24) is 9.97 Å². The van der Waals surface area contributed by atoms with Gasteiger partial charge in [0.15, 0.2) is 0 Å². The lowest BCUT2D eigenvalue weighted by Crippen LogP contribution is -2.23. The van der Waals surface area contributed by atoms with Crippen molar-refractivity contribution in [3.8, 4) is 0 Å². The average molecular weight is 450 g/mol. The molecular weight excluding hydrogens is 440 g/mol. The average Bonchev–Trinajstić information content (AvgIpc) is 3.09. The zero-order valence-corrected chi connectivity index (χ0v) is 15.2. The molecule has 22 heavy (non-hydrogen) atoms. The van der Waals surface area contributed by atoms with E-state index in [4.69, 9.17) is 0 Å². The number of hydrogen-bond acceptors (Lipinski definition) is 6. The van der Waals surface area contributed by atoms with Gasteiger partial charge in [-0.05, 0) is 44.0 Å². The first kappa shape index (κ1) is 18.6. The summed E-state index contributed by atoms with van der Waals surface area (Å²) in [5, 5.41) is 20.9. The van der Waals surface area contributed by atoms with Crippen molar-refractivity contribution >= 4 is 55.1 Å². The summed E-state index contributed by atoms with van der Waals surface area (Å²) < 4.78 is 2.26. The first-order chi connectivity index (χ1) is 10.3. The van der Waals surface area contributed by atoms with Gasteiger partial charge in [0.2, 0.25) is 0 Å². The number of aromatic amines is 1. The maximum absolute atomic E-state index is 9.41. The van der Waals surface area contributed by atoms with Gasteiger partial charge in [0.05, 0.1) is 18.3 Å². The Hall–Kier alpha value is -1.45. The van der Waals surface area contributed by atoms with Crippen LogP contribution in [0.2, 0.25) is 0 Å². The molecule has 0 radical (unpaired) electrons. The van der Waals surface area contributed by atoms with Gasteiger partial charge in [0.25, 0.3) is 0 Å². The minimum absolute atomic E-state index is 0.350. The molecule has 2 aromatic heterocycles. The summed E-state index contributed by atoms with van der Waals surface area (Å²) in [4.78, 5) is 27.3. The van der Waals surface area contributed by atoms with Crippen LogP contribution in [0, 0.1) is 0 Å². The van der Waals surface area contributed by atoms with Gasteiger partial charge in [-0.3, -0.25) is 0 Å². The van der Waals surface area contributed by atoms with Crippen LogP contribution in [0.25, 0.3) is 0 Å². The molecule has 0 aliphatic heterocycles. The molecule has 1 atom stereocenters. The summed E-state index contributed by atoms with van der Waals surface area (Å²) in [6.07, 6.45) is 4.35. The van der Waals surface area contributed by atoms with Crippen molar-refractivity contribution in [1.29, 1.82) is 0 Å². The summed E-state index contributed by atoms with van der Waals surface area (Å²) in [5.74, 6) is -2.74. The number of thiophene rings is 1. The van der Waals surface area contributed by atoms with E-state index in [9.17, 15) is 19.8 Å². The van der Waals surface area contributed by atoms with E-state index in [1.807, 2.05) is 6.20 Å². The molecule has 0 aliphatic rings.